The maximum atomic E-state index is 11.8. The van der Waals surface area contributed by atoms with Crippen molar-refractivity contribution in [1.82, 2.24) is 0 Å². The van der Waals surface area contributed by atoms with Crippen molar-refractivity contribution in [3.8, 4) is 0 Å². The number of aliphatic hydroxyl groups is 5. The van der Waals surface area contributed by atoms with Gasteiger partial charge in [-0.2, -0.15) is 0 Å². The van der Waals surface area contributed by atoms with Crippen LogP contribution in [0.3, 0.4) is 0 Å². The van der Waals surface area contributed by atoms with Gasteiger partial charge in [0.2, 0.25) is 11.6 Å². The van der Waals surface area contributed by atoms with Crippen LogP contribution < -0.4 is 0 Å². The smallest absolute Gasteiger partial charge is 0.229 e. The van der Waals surface area contributed by atoms with Crippen molar-refractivity contribution in [1.29, 1.82) is 0 Å². The molecule has 8 heteroatoms. The van der Waals surface area contributed by atoms with Crippen LogP contribution in [0, 0.1) is 0 Å². The predicted molar refractivity (Wildman–Crippen MR) is 98.7 cm³/mol. The summed E-state index contributed by atoms with van der Waals surface area (Å²) in [6.45, 7) is 1.33. The first kappa shape index (κ1) is 28.4. The van der Waals surface area contributed by atoms with Crippen LogP contribution in [0.15, 0.2) is 0 Å². The molecule has 0 unspecified atom stereocenters. The first-order valence-corrected chi connectivity index (χ1v) is 9.26. The molecule has 0 bridgehead atoms. The van der Waals surface area contributed by atoms with Gasteiger partial charge in [-0.25, -0.2) is 0 Å². The van der Waals surface area contributed by atoms with E-state index in [9.17, 15) is 30.0 Å². The van der Waals surface area contributed by atoms with Crippen LogP contribution in [0.4, 0.5) is 0 Å². The quantitative estimate of drug-likeness (QED) is 0.144. The molecule has 1 radical (unpaired) electrons. The van der Waals surface area contributed by atoms with Crippen molar-refractivity contribution >= 4 is 41.1 Å². The number of hydrogen-bond donors (Lipinski definition) is 5. The fraction of sp³-hybridized carbons (Fsp3) is 0.889. The Hall–Kier alpha value is 0.140. The van der Waals surface area contributed by atoms with Crippen molar-refractivity contribution in [2.45, 2.75) is 95.5 Å². The van der Waals surface area contributed by atoms with Gasteiger partial charge in [-0.3, -0.25) is 9.59 Å². The molecule has 149 valence electrons. The van der Waals surface area contributed by atoms with E-state index in [-0.39, 0.29) is 36.0 Å². The summed E-state index contributed by atoms with van der Waals surface area (Å²) >= 11 is 0. The van der Waals surface area contributed by atoms with E-state index >= 15 is 0 Å². The second-order valence-electron chi connectivity index (χ2n) is 6.54. The van der Waals surface area contributed by atoms with Gasteiger partial charge in [-0.05, 0) is 6.42 Å². The summed E-state index contributed by atoms with van der Waals surface area (Å²) in [6.07, 6.45) is 1.78. The Morgan fingerprint density at radius 2 is 1.23 bits per heavy atom. The van der Waals surface area contributed by atoms with Crippen molar-refractivity contribution < 1.29 is 35.1 Å². The van der Waals surface area contributed by atoms with Crippen LogP contribution in [-0.2, 0) is 9.59 Å². The molecule has 0 aliphatic rings. The minimum atomic E-state index is -2.11. The van der Waals surface area contributed by atoms with E-state index in [1.807, 2.05) is 0 Å². The zero-order valence-corrected chi connectivity index (χ0v) is 18.1. The number of carbonyl (C=O) groups excluding carboxylic acids is 2. The topological polar surface area (TPSA) is 135 Å². The van der Waals surface area contributed by atoms with E-state index in [2.05, 4.69) is 6.92 Å². The third-order valence-electron chi connectivity index (χ3n) is 4.31. The fourth-order valence-electron chi connectivity index (χ4n) is 2.56. The third kappa shape index (κ3) is 11.8. The van der Waals surface area contributed by atoms with E-state index in [4.69, 9.17) is 5.11 Å². The van der Waals surface area contributed by atoms with E-state index in [1.165, 1.54) is 32.1 Å². The van der Waals surface area contributed by atoms with Gasteiger partial charge in [0.15, 0.2) is 0 Å². The van der Waals surface area contributed by atoms with Gasteiger partial charge in [-0.15, -0.1) is 0 Å². The van der Waals surface area contributed by atoms with Crippen LogP contribution >= 0.6 is 0 Å². The van der Waals surface area contributed by atoms with Crippen molar-refractivity contribution in [3.63, 3.8) is 0 Å². The summed E-state index contributed by atoms with van der Waals surface area (Å²) in [6, 6.07) is 0. The van der Waals surface area contributed by atoms with Crippen LogP contribution in [-0.4, -0.2) is 97.7 Å². The van der Waals surface area contributed by atoms with Crippen molar-refractivity contribution in [3.05, 3.63) is 0 Å². The molecule has 0 amide bonds. The molecule has 0 aliphatic carbocycles. The molecule has 0 rings (SSSR count). The van der Waals surface area contributed by atoms with Gasteiger partial charge >= 0.3 is 0 Å². The maximum Gasteiger partial charge on any atom is 0.229 e. The van der Waals surface area contributed by atoms with Gasteiger partial charge in [0, 0.05) is 36.0 Å². The minimum absolute atomic E-state index is 0. The second kappa shape index (κ2) is 17.3. The van der Waals surface area contributed by atoms with E-state index in [1.54, 1.807) is 0 Å². The molecule has 4 atom stereocenters. The molecule has 7 nitrogen and oxygen atoms in total. The van der Waals surface area contributed by atoms with Crippen LogP contribution in [0.1, 0.15) is 71.1 Å². The zero-order valence-electron chi connectivity index (χ0n) is 16.1. The first-order valence-electron chi connectivity index (χ1n) is 9.26. The Morgan fingerprint density at radius 1 is 0.769 bits per heavy atom. The van der Waals surface area contributed by atoms with Gasteiger partial charge in [-0.1, -0.05) is 58.3 Å². The Balaban J connectivity index is 0. The van der Waals surface area contributed by atoms with Gasteiger partial charge < -0.3 is 25.5 Å². The number of unbranched alkanes of at least 4 members (excludes halogenated alkanes) is 8. The number of rotatable bonds is 16. The molecule has 0 heterocycles. The molecule has 0 spiro atoms. The molecule has 0 saturated heterocycles. The number of aliphatic hydroxyl groups excluding tert-OH is 5. The zero-order chi connectivity index (χ0) is 19.2. The largest absolute Gasteiger partial charge is 0.394 e. The summed E-state index contributed by atoms with van der Waals surface area (Å²) in [5.41, 5.74) is 0. The molecule has 0 fully saturated rings. The normalized spacial score (nSPS) is 15.6. The Kier molecular flexibility index (Phi) is 18.8. The molecule has 0 aromatic heterocycles. The second-order valence-corrected chi connectivity index (χ2v) is 6.54. The Morgan fingerprint density at radius 3 is 1.69 bits per heavy atom. The third-order valence-corrected chi connectivity index (χ3v) is 4.31. The number of carbonyl (C=O) groups is 2. The molecule has 0 aliphatic heterocycles. The van der Waals surface area contributed by atoms with E-state index < -0.39 is 42.6 Å². The molecule has 0 saturated carbocycles. The molecule has 5 N–H and O–H groups in total. The first-order chi connectivity index (χ1) is 11.9. The standard InChI is InChI=1S/C18H34O7.Na/c1-2-3-4-5-6-7-8-9-10-11-13(20)15(22)17(24)18(25)16(23)14(21)12-19;/h14,16-19,21,23-25H,2-12H2,1H3;/t14-,16-,17+,18+;/m1./s1. The summed E-state index contributed by atoms with van der Waals surface area (Å²) in [5, 5.41) is 46.6. The van der Waals surface area contributed by atoms with Crippen LogP contribution in [0.25, 0.3) is 0 Å². The SMILES string of the molecule is CCCCCCCCCCCC(=O)C(=O)[C@H](O)[C@@H](O)[C@H](O)[C@H](O)CO.[Na]. The van der Waals surface area contributed by atoms with Gasteiger partial charge in [0.05, 0.1) is 6.61 Å². The average Bonchev–Trinajstić information content (AvgIpc) is 2.63. The minimum Gasteiger partial charge on any atom is -0.394 e. The number of Topliss-reactive ketones (excluding diaryl/α,β-unsaturated/α-hetero) is 2. The van der Waals surface area contributed by atoms with Gasteiger partial charge in [0.1, 0.15) is 24.4 Å². The summed E-state index contributed by atoms with van der Waals surface area (Å²) in [7, 11) is 0. The Labute approximate surface area is 178 Å². The van der Waals surface area contributed by atoms with Crippen LogP contribution in [0.5, 0.6) is 0 Å². The maximum absolute atomic E-state index is 11.8. The molecular formula is C18H34NaO7. The molecular weight excluding hydrogens is 351 g/mol. The molecule has 26 heavy (non-hydrogen) atoms. The van der Waals surface area contributed by atoms with Crippen LogP contribution in [0.2, 0.25) is 0 Å². The fourth-order valence-corrected chi connectivity index (χ4v) is 2.56. The van der Waals surface area contributed by atoms with Crippen molar-refractivity contribution in [2.24, 2.45) is 0 Å². The van der Waals surface area contributed by atoms with Crippen molar-refractivity contribution in [2.75, 3.05) is 6.61 Å². The average molecular weight is 385 g/mol. The number of hydrogen-bond acceptors (Lipinski definition) is 7. The summed E-state index contributed by atoms with van der Waals surface area (Å²) in [5.74, 6) is -1.99. The summed E-state index contributed by atoms with van der Waals surface area (Å²) < 4.78 is 0. The van der Waals surface area contributed by atoms with E-state index in [0.29, 0.717) is 6.42 Å². The van der Waals surface area contributed by atoms with E-state index in [0.717, 1.165) is 19.3 Å². The predicted octanol–water partition coefficient (Wildman–Crippen LogP) is 0.101. The Bertz CT molecular complexity index is 379. The monoisotopic (exact) mass is 385 g/mol. The number of ketones is 2. The summed E-state index contributed by atoms with van der Waals surface area (Å²) in [4.78, 5) is 23.5. The van der Waals surface area contributed by atoms with Gasteiger partial charge in [0.25, 0.3) is 0 Å². The molecule has 0 aromatic rings. The molecule has 0 aromatic carbocycles.